The van der Waals surface area contributed by atoms with E-state index in [4.69, 9.17) is 9.47 Å². The molecule has 1 aromatic rings. The van der Waals surface area contributed by atoms with E-state index in [1.54, 1.807) is 0 Å². The number of ether oxygens (including phenoxy) is 2. The minimum absolute atomic E-state index is 0.0674. The lowest BCUT2D eigenvalue weighted by molar-refractivity contribution is -0.106. The summed E-state index contributed by atoms with van der Waals surface area (Å²) >= 11 is 2.39. The maximum atomic E-state index is 6.04. The first-order valence-electron chi connectivity index (χ1n) is 8.49. The molecule has 124 valence electrons. The van der Waals surface area contributed by atoms with Crippen LogP contribution >= 0.6 is 22.6 Å². The quantitative estimate of drug-likeness (QED) is 0.538. The minimum atomic E-state index is -0.0674. The molecule has 0 radical (unpaired) electrons. The average molecular weight is 416 g/mol. The van der Waals surface area contributed by atoms with Gasteiger partial charge in [0.1, 0.15) is 5.75 Å². The van der Waals surface area contributed by atoms with Crippen molar-refractivity contribution in [3.05, 3.63) is 27.3 Å². The second-order valence-corrected chi connectivity index (χ2v) is 8.47. The standard InChI is InChI=1S/C19H29IO2/c1-5-8-15(19(2,3)4)14-10-11-17(16(20)13-14)22-18-9-6-7-12-21-18/h10-11,13,15,18H,5-9,12H2,1-4H3. The smallest absolute Gasteiger partial charge is 0.199 e. The molecule has 3 heteroatoms. The fourth-order valence-corrected chi connectivity index (χ4v) is 3.83. The van der Waals surface area contributed by atoms with Crippen LogP contribution in [0.15, 0.2) is 18.2 Å². The van der Waals surface area contributed by atoms with E-state index >= 15 is 0 Å². The molecule has 0 bridgehead atoms. The zero-order chi connectivity index (χ0) is 16.2. The molecule has 0 saturated carbocycles. The van der Waals surface area contributed by atoms with E-state index in [1.807, 2.05) is 0 Å². The maximum Gasteiger partial charge on any atom is 0.199 e. The van der Waals surface area contributed by atoms with Crippen molar-refractivity contribution in [1.82, 2.24) is 0 Å². The Morgan fingerprint density at radius 1 is 1.32 bits per heavy atom. The molecule has 1 fully saturated rings. The molecule has 0 N–H and O–H groups in total. The Kier molecular flexibility index (Phi) is 6.57. The first-order valence-corrected chi connectivity index (χ1v) is 9.57. The first kappa shape index (κ1) is 18.1. The van der Waals surface area contributed by atoms with Gasteiger partial charge >= 0.3 is 0 Å². The second-order valence-electron chi connectivity index (χ2n) is 7.31. The summed E-state index contributed by atoms with van der Waals surface area (Å²) in [5.74, 6) is 1.55. The Bertz CT molecular complexity index is 473. The first-order chi connectivity index (χ1) is 10.4. The van der Waals surface area contributed by atoms with Crippen molar-refractivity contribution < 1.29 is 9.47 Å². The molecule has 22 heavy (non-hydrogen) atoms. The molecule has 0 aromatic heterocycles. The topological polar surface area (TPSA) is 18.5 Å². The van der Waals surface area contributed by atoms with Crippen molar-refractivity contribution >= 4 is 22.6 Å². The Hall–Kier alpha value is -0.290. The fourth-order valence-electron chi connectivity index (χ4n) is 3.16. The average Bonchev–Trinajstić information content (AvgIpc) is 2.47. The van der Waals surface area contributed by atoms with E-state index in [9.17, 15) is 0 Å². The van der Waals surface area contributed by atoms with E-state index in [1.165, 1.54) is 28.4 Å². The number of hydrogen-bond acceptors (Lipinski definition) is 2. The van der Waals surface area contributed by atoms with Gasteiger partial charge in [-0.2, -0.15) is 0 Å². The van der Waals surface area contributed by atoms with Crippen LogP contribution < -0.4 is 4.74 Å². The van der Waals surface area contributed by atoms with Gasteiger partial charge in [-0.15, -0.1) is 0 Å². The highest BCUT2D eigenvalue weighted by molar-refractivity contribution is 14.1. The summed E-state index contributed by atoms with van der Waals surface area (Å²) < 4.78 is 12.9. The van der Waals surface area contributed by atoms with Gasteiger partial charge in [0.05, 0.1) is 10.2 Å². The number of halogens is 1. The van der Waals surface area contributed by atoms with Gasteiger partial charge in [-0.1, -0.05) is 40.2 Å². The van der Waals surface area contributed by atoms with Crippen LogP contribution in [0.4, 0.5) is 0 Å². The molecule has 1 aliphatic rings. The van der Waals surface area contributed by atoms with Gasteiger partial charge < -0.3 is 9.47 Å². The van der Waals surface area contributed by atoms with Gasteiger partial charge in [-0.05, 0) is 70.9 Å². The zero-order valence-corrected chi connectivity index (χ0v) is 16.5. The molecule has 2 rings (SSSR count). The largest absolute Gasteiger partial charge is 0.464 e. The predicted molar refractivity (Wildman–Crippen MR) is 100 cm³/mol. The van der Waals surface area contributed by atoms with Crippen LogP contribution in [0.3, 0.4) is 0 Å². The summed E-state index contributed by atoms with van der Waals surface area (Å²) in [5, 5.41) is 0. The molecule has 0 amide bonds. The van der Waals surface area contributed by atoms with Crippen molar-refractivity contribution in [2.45, 2.75) is 72.0 Å². The van der Waals surface area contributed by atoms with E-state index < -0.39 is 0 Å². The summed E-state index contributed by atoms with van der Waals surface area (Å²) in [6, 6.07) is 6.67. The summed E-state index contributed by atoms with van der Waals surface area (Å²) in [7, 11) is 0. The molecule has 1 aliphatic heterocycles. The molecule has 2 unspecified atom stereocenters. The zero-order valence-electron chi connectivity index (χ0n) is 14.3. The summed E-state index contributed by atoms with van der Waals surface area (Å²) in [6.07, 6.45) is 5.72. The van der Waals surface area contributed by atoms with E-state index in [-0.39, 0.29) is 11.7 Å². The third kappa shape index (κ3) is 4.85. The molecule has 0 aliphatic carbocycles. The van der Waals surface area contributed by atoms with Crippen molar-refractivity contribution in [1.29, 1.82) is 0 Å². The Morgan fingerprint density at radius 3 is 2.64 bits per heavy atom. The maximum absolute atomic E-state index is 6.04. The van der Waals surface area contributed by atoms with Gasteiger partial charge in [-0.3, -0.25) is 0 Å². The van der Waals surface area contributed by atoms with E-state index in [0.29, 0.717) is 5.92 Å². The van der Waals surface area contributed by atoms with Crippen molar-refractivity contribution in [2.75, 3.05) is 6.61 Å². The lowest BCUT2D eigenvalue weighted by Crippen LogP contribution is -2.25. The molecular formula is C19H29IO2. The Labute approximate surface area is 149 Å². The summed E-state index contributed by atoms with van der Waals surface area (Å²) in [4.78, 5) is 0. The third-order valence-corrected chi connectivity index (χ3v) is 5.22. The van der Waals surface area contributed by atoms with Gasteiger partial charge in [-0.25, -0.2) is 0 Å². The van der Waals surface area contributed by atoms with Crippen LogP contribution in [-0.2, 0) is 4.74 Å². The molecule has 2 atom stereocenters. The SMILES string of the molecule is CCCC(c1ccc(OC2CCCCO2)c(I)c1)C(C)(C)C. The highest BCUT2D eigenvalue weighted by atomic mass is 127. The predicted octanol–water partition coefficient (Wildman–Crippen LogP) is 6.13. The summed E-state index contributed by atoms with van der Waals surface area (Å²) in [6.45, 7) is 10.1. The minimum Gasteiger partial charge on any atom is -0.464 e. The monoisotopic (exact) mass is 416 g/mol. The molecular weight excluding hydrogens is 387 g/mol. The second kappa shape index (κ2) is 8.00. The van der Waals surface area contributed by atoms with E-state index in [2.05, 4.69) is 68.5 Å². The van der Waals surface area contributed by atoms with Crippen molar-refractivity contribution in [2.24, 2.45) is 5.41 Å². The highest BCUT2D eigenvalue weighted by Crippen LogP contribution is 2.40. The van der Waals surface area contributed by atoms with Crippen molar-refractivity contribution in [3.63, 3.8) is 0 Å². The van der Waals surface area contributed by atoms with Crippen LogP contribution in [0.25, 0.3) is 0 Å². The van der Waals surface area contributed by atoms with Crippen molar-refractivity contribution in [3.8, 4) is 5.75 Å². The summed E-state index contributed by atoms with van der Waals surface area (Å²) in [5.41, 5.74) is 1.71. The van der Waals surface area contributed by atoms with Crippen LogP contribution in [0, 0.1) is 8.99 Å². The highest BCUT2D eigenvalue weighted by Gasteiger charge is 2.26. The van der Waals surface area contributed by atoms with Gasteiger partial charge in [0.25, 0.3) is 0 Å². The molecule has 1 saturated heterocycles. The molecule has 2 nitrogen and oxygen atoms in total. The number of rotatable bonds is 5. The van der Waals surface area contributed by atoms with Crippen LogP contribution in [0.2, 0.25) is 0 Å². The number of benzene rings is 1. The number of hydrogen-bond donors (Lipinski definition) is 0. The lowest BCUT2D eigenvalue weighted by atomic mass is 9.74. The normalized spacial score (nSPS) is 20.7. The molecule has 1 aromatic carbocycles. The van der Waals surface area contributed by atoms with Gasteiger partial charge in [0, 0.05) is 6.42 Å². The molecule has 1 heterocycles. The van der Waals surface area contributed by atoms with Gasteiger partial charge in [0.15, 0.2) is 6.29 Å². The van der Waals surface area contributed by atoms with Gasteiger partial charge in [0.2, 0.25) is 0 Å². The third-order valence-electron chi connectivity index (χ3n) is 4.38. The molecule has 0 spiro atoms. The lowest BCUT2D eigenvalue weighted by Gasteiger charge is -2.31. The Morgan fingerprint density at radius 2 is 2.09 bits per heavy atom. The fraction of sp³-hybridized carbons (Fsp3) is 0.684. The van der Waals surface area contributed by atoms with Crippen LogP contribution in [0.1, 0.15) is 71.3 Å². The van der Waals surface area contributed by atoms with Crippen LogP contribution in [-0.4, -0.2) is 12.9 Å². The van der Waals surface area contributed by atoms with E-state index in [0.717, 1.165) is 25.2 Å². The Balaban J connectivity index is 2.13. The van der Waals surface area contributed by atoms with Crippen LogP contribution in [0.5, 0.6) is 5.75 Å².